The number of nitrogens with one attached hydrogen (secondary N) is 2. The molecule has 1 aliphatic heterocycles. The Morgan fingerprint density at radius 1 is 1.10 bits per heavy atom. The molecular formula is C22H33FN4O2. The van der Waals surface area contributed by atoms with Crippen LogP contribution >= 0.6 is 0 Å². The topological polar surface area (TPSA) is 64.7 Å². The van der Waals surface area contributed by atoms with Crippen molar-refractivity contribution in [2.45, 2.75) is 51.6 Å². The molecule has 0 bridgehead atoms. The molecule has 2 fully saturated rings. The quantitative estimate of drug-likeness (QED) is 0.765. The van der Waals surface area contributed by atoms with Gasteiger partial charge in [0.1, 0.15) is 5.82 Å². The molecule has 3 rings (SSSR count). The number of hydrogen-bond acceptors (Lipinski definition) is 4. The standard InChI is InChI=1S/C22H33FN4O2/c1-16-5-3-4-6-20(16)25-22(29)17(2)27-13-11-26(12-14-27)15-21(28)24-19-9-7-18(23)8-10-19/h7-10,16-17,20H,3-6,11-15H2,1-2H3,(H,24,28)(H,25,29)/t16-,17-,20-/m1/s1. The molecule has 2 N–H and O–H groups in total. The first-order valence-electron chi connectivity index (χ1n) is 10.7. The summed E-state index contributed by atoms with van der Waals surface area (Å²) in [5, 5.41) is 6.05. The minimum absolute atomic E-state index is 0.109. The SMILES string of the molecule is C[C@@H]1CCCC[C@H]1NC(=O)[C@@H](C)N1CCN(CC(=O)Nc2ccc(F)cc2)CC1. The smallest absolute Gasteiger partial charge is 0.238 e. The molecule has 29 heavy (non-hydrogen) atoms. The minimum Gasteiger partial charge on any atom is -0.352 e. The molecule has 0 unspecified atom stereocenters. The summed E-state index contributed by atoms with van der Waals surface area (Å²) in [6, 6.07) is 5.91. The monoisotopic (exact) mass is 404 g/mol. The van der Waals surface area contributed by atoms with Crippen molar-refractivity contribution in [3.63, 3.8) is 0 Å². The summed E-state index contributed by atoms with van der Waals surface area (Å²) < 4.78 is 13.0. The molecule has 1 aromatic rings. The maximum absolute atomic E-state index is 13.0. The summed E-state index contributed by atoms with van der Waals surface area (Å²) in [6.07, 6.45) is 4.73. The minimum atomic E-state index is -0.324. The summed E-state index contributed by atoms with van der Waals surface area (Å²) in [5.41, 5.74) is 0.595. The van der Waals surface area contributed by atoms with E-state index in [4.69, 9.17) is 0 Å². The Morgan fingerprint density at radius 3 is 2.41 bits per heavy atom. The van der Waals surface area contributed by atoms with E-state index in [-0.39, 0.29) is 23.7 Å². The lowest BCUT2D eigenvalue weighted by Gasteiger charge is -2.38. The summed E-state index contributed by atoms with van der Waals surface area (Å²) in [7, 11) is 0. The number of rotatable bonds is 6. The predicted molar refractivity (Wildman–Crippen MR) is 112 cm³/mol. The fourth-order valence-corrected chi connectivity index (χ4v) is 4.25. The molecule has 3 atom stereocenters. The van der Waals surface area contributed by atoms with Crippen LogP contribution in [0.5, 0.6) is 0 Å². The molecule has 7 heteroatoms. The molecule has 1 aromatic carbocycles. The van der Waals surface area contributed by atoms with Crippen LogP contribution in [0.2, 0.25) is 0 Å². The van der Waals surface area contributed by atoms with Crippen LogP contribution in [0.1, 0.15) is 39.5 Å². The van der Waals surface area contributed by atoms with Crippen LogP contribution in [0.4, 0.5) is 10.1 Å². The highest BCUT2D eigenvalue weighted by Gasteiger charge is 2.29. The number of carbonyl (C=O) groups excluding carboxylic acids is 2. The van der Waals surface area contributed by atoms with Crippen molar-refractivity contribution in [3.05, 3.63) is 30.1 Å². The maximum atomic E-state index is 13.0. The molecular weight excluding hydrogens is 371 g/mol. The van der Waals surface area contributed by atoms with Crippen LogP contribution in [-0.4, -0.2) is 66.4 Å². The van der Waals surface area contributed by atoms with E-state index in [2.05, 4.69) is 27.4 Å². The molecule has 1 aliphatic carbocycles. The zero-order chi connectivity index (χ0) is 20.8. The van der Waals surface area contributed by atoms with Gasteiger partial charge in [-0.05, 0) is 49.9 Å². The van der Waals surface area contributed by atoms with E-state index in [1.807, 2.05) is 6.92 Å². The summed E-state index contributed by atoms with van der Waals surface area (Å²) in [5.74, 6) is 0.236. The largest absolute Gasteiger partial charge is 0.352 e. The third kappa shape index (κ3) is 6.24. The van der Waals surface area contributed by atoms with Gasteiger partial charge in [-0.3, -0.25) is 19.4 Å². The maximum Gasteiger partial charge on any atom is 0.238 e. The van der Waals surface area contributed by atoms with Gasteiger partial charge in [0.15, 0.2) is 0 Å². The molecule has 1 saturated heterocycles. The molecule has 1 saturated carbocycles. The van der Waals surface area contributed by atoms with E-state index in [1.165, 1.54) is 31.4 Å². The van der Waals surface area contributed by atoms with Crippen molar-refractivity contribution in [2.24, 2.45) is 5.92 Å². The predicted octanol–water partition coefficient (Wildman–Crippen LogP) is 2.47. The second kappa shape index (κ2) is 10.2. The number of carbonyl (C=O) groups is 2. The lowest BCUT2D eigenvalue weighted by Crippen LogP contribution is -2.56. The Labute approximate surface area is 172 Å². The summed E-state index contributed by atoms with van der Waals surface area (Å²) >= 11 is 0. The zero-order valence-corrected chi connectivity index (χ0v) is 17.5. The van der Waals surface area contributed by atoms with Crippen LogP contribution in [0.3, 0.4) is 0 Å². The summed E-state index contributed by atoms with van der Waals surface area (Å²) in [4.78, 5) is 29.2. The van der Waals surface area contributed by atoms with Gasteiger partial charge in [0.2, 0.25) is 11.8 Å². The van der Waals surface area contributed by atoms with E-state index >= 15 is 0 Å². The highest BCUT2D eigenvalue weighted by atomic mass is 19.1. The molecule has 2 aliphatic rings. The van der Waals surface area contributed by atoms with Crippen molar-refractivity contribution in [3.8, 4) is 0 Å². The second-order valence-corrected chi connectivity index (χ2v) is 8.42. The number of amides is 2. The Balaban J connectivity index is 1.40. The van der Waals surface area contributed by atoms with Crippen molar-refractivity contribution in [2.75, 3.05) is 38.0 Å². The lowest BCUT2D eigenvalue weighted by atomic mass is 9.86. The molecule has 6 nitrogen and oxygen atoms in total. The molecule has 1 heterocycles. The number of halogens is 1. The number of anilines is 1. The molecule has 0 spiro atoms. The van der Waals surface area contributed by atoms with Gasteiger partial charge in [-0.2, -0.15) is 0 Å². The van der Waals surface area contributed by atoms with E-state index in [1.54, 1.807) is 12.1 Å². The van der Waals surface area contributed by atoms with Crippen molar-refractivity contribution >= 4 is 17.5 Å². The van der Waals surface area contributed by atoms with Crippen molar-refractivity contribution in [1.82, 2.24) is 15.1 Å². The van der Waals surface area contributed by atoms with E-state index < -0.39 is 0 Å². The fraction of sp³-hybridized carbons (Fsp3) is 0.636. The number of benzene rings is 1. The van der Waals surface area contributed by atoms with Gasteiger partial charge in [0, 0.05) is 37.9 Å². The number of nitrogens with zero attached hydrogens (tertiary/aromatic N) is 2. The number of hydrogen-bond donors (Lipinski definition) is 2. The van der Waals surface area contributed by atoms with Gasteiger partial charge in [-0.25, -0.2) is 4.39 Å². The fourth-order valence-electron chi connectivity index (χ4n) is 4.25. The van der Waals surface area contributed by atoms with Gasteiger partial charge < -0.3 is 10.6 Å². The molecule has 2 amide bonds. The van der Waals surface area contributed by atoms with Gasteiger partial charge in [-0.1, -0.05) is 19.8 Å². The average molecular weight is 405 g/mol. The van der Waals surface area contributed by atoms with Gasteiger partial charge in [0.25, 0.3) is 0 Å². The Bertz CT molecular complexity index is 689. The Kier molecular flexibility index (Phi) is 7.61. The first-order chi connectivity index (χ1) is 13.9. The van der Waals surface area contributed by atoms with Crippen LogP contribution in [0.25, 0.3) is 0 Å². The van der Waals surface area contributed by atoms with Crippen LogP contribution < -0.4 is 10.6 Å². The lowest BCUT2D eigenvalue weighted by molar-refractivity contribution is -0.128. The van der Waals surface area contributed by atoms with Gasteiger partial charge >= 0.3 is 0 Å². The third-order valence-electron chi connectivity index (χ3n) is 6.27. The average Bonchev–Trinajstić information content (AvgIpc) is 2.71. The first kappa shape index (κ1) is 21.7. The van der Waals surface area contributed by atoms with E-state index in [0.29, 0.717) is 24.2 Å². The Hall–Kier alpha value is -1.99. The van der Waals surface area contributed by atoms with Crippen LogP contribution in [-0.2, 0) is 9.59 Å². The normalized spacial score (nSPS) is 24.7. The molecule has 160 valence electrons. The van der Waals surface area contributed by atoms with Gasteiger partial charge in [-0.15, -0.1) is 0 Å². The van der Waals surface area contributed by atoms with Crippen LogP contribution in [0, 0.1) is 11.7 Å². The highest BCUT2D eigenvalue weighted by Crippen LogP contribution is 2.24. The Morgan fingerprint density at radius 2 is 1.76 bits per heavy atom. The highest BCUT2D eigenvalue weighted by molar-refractivity contribution is 5.92. The van der Waals surface area contributed by atoms with Crippen molar-refractivity contribution < 1.29 is 14.0 Å². The second-order valence-electron chi connectivity index (χ2n) is 8.42. The summed E-state index contributed by atoms with van der Waals surface area (Å²) in [6.45, 7) is 7.51. The van der Waals surface area contributed by atoms with Crippen molar-refractivity contribution in [1.29, 1.82) is 0 Å². The zero-order valence-electron chi connectivity index (χ0n) is 17.5. The first-order valence-corrected chi connectivity index (χ1v) is 10.7. The third-order valence-corrected chi connectivity index (χ3v) is 6.27. The van der Waals surface area contributed by atoms with Gasteiger partial charge in [0.05, 0.1) is 12.6 Å². The van der Waals surface area contributed by atoms with E-state index in [9.17, 15) is 14.0 Å². The molecule has 0 aromatic heterocycles. The van der Waals surface area contributed by atoms with Crippen LogP contribution in [0.15, 0.2) is 24.3 Å². The molecule has 0 radical (unpaired) electrons. The number of piperazine rings is 1. The van der Waals surface area contributed by atoms with E-state index in [0.717, 1.165) is 32.6 Å².